The van der Waals surface area contributed by atoms with Gasteiger partial charge in [0.2, 0.25) is 0 Å². The normalized spacial score (nSPS) is 11.2. The highest BCUT2D eigenvalue weighted by Gasteiger charge is 2.16. The maximum atomic E-state index is 12.0. The Labute approximate surface area is 108 Å². The van der Waals surface area contributed by atoms with Crippen LogP contribution in [0.3, 0.4) is 0 Å². The Morgan fingerprint density at radius 3 is 2.56 bits per heavy atom. The molecule has 2 rings (SSSR count). The molecule has 0 saturated heterocycles. The van der Waals surface area contributed by atoms with Crippen molar-refractivity contribution in [3.63, 3.8) is 0 Å². The number of sulfonamides is 1. The molecule has 0 amide bonds. The number of thiazole rings is 1. The highest BCUT2D eigenvalue weighted by atomic mass is 32.2. The predicted molar refractivity (Wildman–Crippen MR) is 69.7 cm³/mol. The van der Waals surface area contributed by atoms with Gasteiger partial charge in [0.1, 0.15) is 10.7 Å². The summed E-state index contributed by atoms with van der Waals surface area (Å²) in [5, 5.41) is 0.327. The van der Waals surface area contributed by atoms with Crippen molar-refractivity contribution >= 4 is 32.3 Å². The van der Waals surface area contributed by atoms with Gasteiger partial charge in [0.25, 0.3) is 10.0 Å². The smallest absolute Gasteiger partial charge is 0.265 e. The van der Waals surface area contributed by atoms with Gasteiger partial charge in [0, 0.05) is 17.3 Å². The minimum absolute atomic E-state index is 0.0503. The SMILES string of the molecule is Cc1cnc(NS(=O)(=O)c2ccc(NN)nc2)s1. The van der Waals surface area contributed by atoms with E-state index in [0.29, 0.717) is 10.9 Å². The van der Waals surface area contributed by atoms with E-state index in [1.807, 2.05) is 6.92 Å². The third-order valence-electron chi connectivity index (χ3n) is 2.04. The summed E-state index contributed by atoms with van der Waals surface area (Å²) >= 11 is 1.26. The standard InChI is InChI=1S/C9H11N5O2S2/c1-6-4-12-9(17-6)14-18(15,16)7-2-3-8(13-10)11-5-7/h2-5H,10H2,1H3,(H,11,13)(H,12,14). The number of nitrogens with one attached hydrogen (secondary N) is 2. The van der Waals surface area contributed by atoms with Crippen molar-refractivity contribution < 1.29 is 8.42 Å². The molecule has 0 bridgehead atoms. The Morgan fingerprint density at radius 2 is 2.06 bits per heavy atom. The second-order valence-corrected chi connectivity index (χ2v) is 6.32. The third kappa shape index (κ3) is 2.75. The molecule has 0 aliphatic rings. The number of hydrogen-bond donors (Lipinski definition) is 3. The van der Waals surface area contributed by atoms with Crippen LogP contribution in [0.25, 0.3) is 0 Å². The number of nitrogens with two attached hydrogens (primary N) is 1. The molecule has 9 heteroatoms. The van der Waals surface area contributed by atoms with Gasteiger partial charge in [-0.25, -0.2) is 24.2 Å². The van der Waals surface area contributed by atoms with Crippen LogP contribution in [-0.2, 0) is 10.0 Å². The summed E-state index contributed by atoms with van der Waals surface area (Å²) in [6.45, 7) is 1.85. The van der Waals surface area contributed by atoms with Gasteiger partial charge in [-0.1, -0.05) is 0 Å². The summed E-state index contributed by atoms with van der Waals surface area (Å²) in [6.07, 6.45) is 2.82. The first-order chi connectivity index (χ1) is 8.51. The number of aryl methyl sites for hydroxylation is 1. The number of rotatable bonds is 4. The van der Waals surface area contributed by atoms with Crippen molar-refractivity contribution in [3.8, 4) is 0 Å². The highest BCUT2D eigenvalue weighted by Crippen LogP contribution is 2.20. The van der Waals surface area contributed by atoms with Gasteiger partial charge in [0.05, 0.1) is 0 Å². The van der Waals surface area contributed by atoms with E-state index in [-0.39, 0.29) is 4.90 Å². The van der Waals surface area contributed by atoms with E-state index in [1.54, 1.807) is 6.20 Å². The van der Waals surface area contributed by atoms with Crippen LogP contribution in [0.4, 0.5) is 10.9 Å². The Bertz CT molecular complexity index is 635. The fourth-order valence-electron chi connectivity index (χ4n) is 1.20. The molecule has 2 heterocycles. The van der Waals surface area contributed by atoms with Crippen molar-refractivity contribution in [1.82, 2.24) is 9.97 Å². The van der Waals surface area contributed by atoms with Crippen LogP contribution >= 0.6 is 11.3 Å². The van der Waals surface area contributed by atoms with E-state index in [2.05, 4.69) is 20.1 Å². The Balaban J connectivity index is 2.24. The van der Waals surface area contributed by atoms with Gasteiger partial charge < -0.3 is 5.43 Å². The average Bonchev–Trinajstić information content (AvgIpc) is 2.74. The lowest BCUT2D eigenvalue weighted by Crippen LogP contribution is -2.14. The number of nitrogens with zero attached hydrogens (tertiary/aromatic N) is 2. The van der Waals surface area contributed by atoms with Crippen LogP contribution in [0.5, 0.6) is 0 Å². The molecule has 0 aliphatic heterocycles. The molecule has 0 saturated carbocycles. The van der Waals surface area contributed by atoms with Gasteiger partial charge in [-0.05, 0) is 19.1 Å². The molecule has 0 fully saturated rings. The van der Waals surface area contributed by atoms with Gasteiger partial charge in [-0.15, -0.1) is 11.3 Å². The van der Waals surface area contributed by atoms with Crippen LogP contribution in [0, 0.1) is 6.92 Å². The van der Waals surface area contributed by atoms with Gasteiger partial charge in [0.15, 0.2) is 5.13 Å². The van der Waals surface area contributed by atoms with Crippen molar-refractivity contribution in [2.24, 2.45) is 5.84 Å². The summed E-state index contributed by atoms with van der Waals surface area (Å²) in [5.74, 6) is 5.54. The number of hydrazine groups is 1. The molecule has 0 aliphatic carbocycles. The fourth-order valence-corrected chi connectivity index (χ4v) is 3.05. The number of aromatic nitrogens is 2. The lowest BCUT2D eigenvalue weighted by Gasteiger charge is -2.05. The number of nitrogen functional groups attached to an aromatic ring is 1. The summed E-state index contributed by atoms with van der Waals surface area (Å²) in [4.78, 5) is 8.75. The topological polar surface area (TPSA) is 110 Å². The molecule has 4 N–H and O–H groups in total. The highest BCUT2D eigenvalue weighted by molar-refractivity contribution is 7.93. The maximum Gasteiger partial charge on any atom is 0.265 e. The average molecular weight is 285 g/mol. The number of hydrogen-bond acceptors (Lipinski definition) is 7. The first kappa shape index (κ1) is 12.7. The van der Waals surface area contributed by atoms with Crippen molar-refractivity contribution in [3.05, 3.63) is 29.4 Å². The molecular formula is C9H11N5O2S2. The first-order valence-electron chi connectivity index (χ1n) is 4.89. The van der Waals surface area contributed by atoms with E-state index >= 15 is 0 Å². The molecule has 0 aromatic carbocycles. The molecule has 96 valence electrons. The van der Waals surface area contributed by atoms with E-state index in [1.165, 1.54) is 29.7 Å². The largest absolute Gasteiger partial charge is 0.308 e. The monoisotopic (exact) mass is 285 g/mol. The summed E-state index contributed by atoms with van der Waals surface area (Å²) < 4.78 is 26.3. The Morgan fingerprint density at radius 1 is 1.28 bits per heavy atom. The van der Waals surface area contributed by atoms with Gasteiger partial charge in [-0.2, -0.15) is 0 Å². The molecule has 2 aromatic rings. The predicted octanol–water partition coefficient (Wildman–Crippen LogP) is 0.933. The van der Waals surface area contributed by atoms with Crippen LogP contribution in [0.15, 0.2) is 29.4 Å². The maximum absolute atomic E-state index is 12.0. The van der Waals surface area contributed by atoms with E-state index < -0.39 is 10.0 Å². The van der Waals surface area contributed by atoms with E-state index in [0.717, 1.165) is 4.88 Å². The minimum Gasteiger partial charge on any atom is -0.308 e. The lowest BCUT2D eigenvalue weighted by molar-refractivity contribution is 0.601. The minimum atomic E-state index is -3.66. The zero-order valence-electron chi connectivity index (χ0n) is 9.41. The Kier molecular flexibility index (Phi) is 3.45. The molecule has 2 aromatic heterocycles. The summed E-state index contributed by atoms with van der Waals surface area (Å²) in [6, 6.07) is 2.88. The third-order valence-corrected chi connectivity index (χ3v) is 4.32. The molecule has 0 unspecified atom stereocenters. The van der Waals surface area contributed by atoms with Gasteiger partial charge in [-0.3, -0.25) is 4.72 Å². The van der Waals surface area contributed by atoms with Crippen LogP contribution in [-0.4, -0.2) is 18.4 Å². The number of anilines is 2. The molecule has 0 radical (unpaired) electrons. The summed E-state index contributed by atoms with van der Waals surface area (Å²) in [7, 11) is -3.66. The quantitative estimate of drug-likeness (QED) is 0.569. The van der Waals surface area contributed by atoms with Crippen LogP contribution < -0.4 is 16.0 Å². The second-order valence-electron chi connectivity index (χ2n) is 3.41. The first-order valence-corrected chi connectivity index (χ1v) is 7.19. The van der Waals surface area contributed by atoms with Crippen molar-refractivity contribution in [2.45, 2.75) is 11.8 Å². The molecule has 7 nitrogen and oxygen atoms in total. The molecule has 18 heavy (non-hydrogen) atoms. The molecule has 0 atom stereocenters. The van der Waals surface area contributed by atoms with E-state index in [4.69, 9.17) is 5.84 Å². The zero-order chi connectivity index (χ0) is 13.2. The van der Waals surface area contributed by atoms with Crippen molar-refractivity contribution in [2.75, 3.05) is 10.1 Å². The fraction of sp³-hybridized carbons (Fsp3) is 0.111. The lowest BCUT2D eigenvalue weighted by atomic mass is 10.5. The van der Waals surface area contributed by atoms with Crippen molar-refractivity contribution in [1.29, 1.82) is 0 Å². The van der Waals surface area contributed by atoms with Crippen LogP contribution in [0.2, 0.25) is 0 Å². The number of pyridine rings is 1. The summed E-state index contributed by atoms with van der Waals surface area (Å²) in [5.41, 5.74) is 2.32. The molecule has 0 spiro atoms. The van der Waals surface area contributed by atoms with Crippen LogP contribution in [0.1, 0.15) is 4.88 Å². The van der Waals surface area contributed by atoms with E-state index in [9.17, 15) is 8.42 Å². The second kappa shape index (κ2) is 4.88. The Hall–Kier alpha value is -1.71. The van der Waals surface area contributed by atoms with Gasteiger partial charge >= 0.3 is 0 Å². The zero-order valence-corrected chi connectivity index (χ0v) is 11.0. The molecular weight excluding hydrogens is 274 g/mol.